The van der Waals surface area contributed by atoms with Crippen LogP contribution in [0.3, 0.4) is 0 Å². The average molecular weight is 977 g/mol. The molecular formula is C44H64O24. The molecule has 18 atom stereocenters. The Hall–Kier alpha value is -4.12. The monoisotopic (exact) mass is 976 g/mol. The van der Waals surface area contributed by atoms with Gasteiger partial charge in [0, 0.05) is 48.0 Å². The summed E-state index contributed by atoms with van der Waals surface area (Å²) in [6, 6.07) is 0. The molecule has 0 bridgehead atoms. The number of hydrogen-bond acceptors (Lipinski definition) is 24. The molecule has 5 rings (SSSR count). The van der Waals surface area contributed by atoms with E-state index in [2.05, 4.69) is 0 Å². The van der Waals surface area contributed by atoms with Crippen LogP contribution in [-0.2, 0) is 66.5 Å². The zero-order chi connectivity index (χ0) is 50.1. The molecule has 1 saturated carbocycles. The summed E-state index contributed by atoms with van der Waals surface area (Å²) in [5, 5.41) is 102. The van der Waals surface area contributed by atoms with Crippen LogP contribution in [0.15, 0.2) is 47.0 Å². The molecule has 3 fully saturated rings. The Morgan fingerprint density at radius 3 is 1.51 bits per heavy atom. The van der Waals surface area contributed by atoms with Crippen molar-refractivity contribution in [2.75, 3.05) is 47.3 Å². The third kappa shape index (κ3) is 11.9. The molecule has 5 aliphatic rings. The number of aliphatic hydroxyl groups excluding tert-OH is 10. The highest BCUT2D eigenvalue weighted by Gasteiger charge is 2.50. The number of carbonyl (C=O) groups is 4. The predicted octanol–water partition coefficient (Wildman–Crippen LogP) is -3.32. The summed E-state index contributed by atoms with van der Waals surface area (Å²) in [7, 11) is 2.23. The Labute approximate surface area is 390 Å². The van der Waals surface area contributed by atoms with Crippen molar-refractivity contribution in [3.8, 4) is 0 Å². The smallest absolute Gasteiger partial charge is 0.337 e. The molecule has 0 spiro atoms. The van der Waals surface area contributed by atoms with E-state index in [1.807, 2.05) is 0 Å². The van der Waals surface area contributed by atoms with Gasteiger partial charge in [-0.1, -0.05) is 19.1 Å². The van der Waals surface area contributed by atoms with Crippen molar-refractivity contribution < 1.29 is 118 Å². The van der Waals surface area contributed by atoms with Crippen molar-refractivity contribution in [1.29, 1.82) is 0 Å². The number of carbonyl (C=O) groups excluding carboxylic acids is 4. The van der Waals surface area contributed by atoms with Gasteiger partial charge in [0.05, 0.1) is 70.6 Å². The first kappa shape index (κ1) is 54.8. The molecular weight excluding hydrogens is 912 g/mol. The van der Waals surface area contributed by atoms with Gasteiger partial charge in [-0.05, 0) is 32.1 Å². The minimum Gasteiger partial charge on any atom is -0.468 e. The molecule has 0 aromatic rings. The molecule has 4 aliphatic heterocycles. The number of ether oxygens (including phenoxy) is 10. The third-order valence-corrected chi connectivity index (χ3v) is 13.3. The largest absolute Gasteiger partial charge is 0.468 e. The molecule has 4 heterocycles. The first-order valence-corrected chi connectivity index (χ1v) is 22.1. The Balaban J connectivity index is 1.29. The second-order valence-corrected chi connectivity index (χ2v) is 17.1. The minimum atomic E-state index is -1.80. The number of hydrogen-bond donors (Lipinski definition) is 10. The summed E-state index contributed by atoms with van der Waals surface area (Å²) in [6.45, 7) is 2.16. The molecule has 24 nitrogen and oxygen atoms in total. The lowest BCUT2D eigenvalue weighted by molar-refractivity contribution is -0.327. The van der Waals surface area contributed by atoms with Crippen LogP contribution in [0.1, 0.15) is 40.0 Å². The van der Waals surface area contributed by atoms with Gasteiger partial charge in [0.1, 0.15) is 54.9 Å². The van der Waals surface area contributed by atoms with Gasteiger partial charge in [-0.15, -0.1) is 0 Å². The SMILES string of the molecule is CC=C1[C@H](O[C@@H]2O[C@H](CO)[C@@H](O)[C@H](O)[C@H]2O)OC=C(C(=O)OC)[C@H]1CC(=O)OC[C@@H]1[C@H](C)[C@@H](OC(=O)C[C@@H]2C(C(=O)OC)=CO[C@@H](O[C@@H]3O[C@H](CO)[C@@H](O)[C@H](O)[C@H]3O)/C2=C/C)C[C@H]1C(CO)CO. The van der Waals surface area contributed by atoms with E-state index in [-0.39, 0.29) is 35.3 Å². The molecule has 0 radical (unpaired) electrons. The number of aliphatic hydroxyl groups is 10. The lowest BCUT2D eigenvalue weighted by atomic mass is 9.82. The van der Waals surface area contributed by atoms with Crippen LogP contribution in [0.25, 0.3) is 0 Å². The Morgan fingerprint density at radius 1 is 0.676 bits per heavy atom. The highest BCUT2D eigenvalue weighted by Crippen LogP contribution is 2.45. The fourth-order valence-corrected chi connectivity index (χ4v) is 9.27. The van der Waals surface area contributed by atoms with E-state index in [4.69, 9.17) is 47.4 Å². The fourth-order valence-electron chi connectivity index (χ4n) is 9.27. The third-order valence-electron chi connectivity index (χ3n) is 13.3. The molecule has 0 unspecified atom stereocenters. The van der Waals surface area contributed by atoms with Gasteiger partial charge >= 0.3 is 23.9 Å². The van der Waals surface area contributed by atoms with Gasteiger partial charge in [0.2, 0.25) is 12.6 Å². The highest BCUT2D eigenvalue weighted by atomic mass is 16.8. The summed E-state index contributed by atoms with van der Waals surface area (Å²) in [5.74, 6) is -7.97. The van der Waals surface area contributed by atoms with Crippen molar-refractivity contribution in [1.82, 2.24) is 0 Å². The van der Waals surface area contributed by atoms with Crippen LogP contribution in [0.2, 0.25) is 0 Å². The van der Waals surface area contributed by atoms with E-state index in [1.165, 1.54) is 12.2 Å². The zero-order valence-electron chi connectivity index (χ0n) is 38.1. The molecule has 68 heavy (non-hydrogen) atoms. The number of methoxy groups -OCH3 is 2. The van der Waals surface area contributed by atoms with Crippen LogP contribution in [0, 0.1) is 35.5 Å². The number of allylic oxidation sites excluding steroid dienone is 2. The number of rotatable bonds is 18. The van der Waals surface area contributed by atoms with Crippen molar-refractivity contribution in [3.05, 3.63) is 47.0 Å². The molecule has 0 amide bonds. The van der Waals surface area contributed by atoms with Gasteiger partial charge in [-0.3, -0.25) is 9.59 Å². The van der Waals surface area contributed by atoms with Crippen molar-refractivity contribution >= 4 is 23.9 Å². The van der Waals surface area contributed by atoms with Crippen molar-refractivity contribution in [3.63, 3.8) is 0 Å². The standard InChI is InChI=1S/C44H64O24/c1-6-20-23(26(39(57)59-4)16-62-41(20)67-43-37(55)35(53)33(51)29(13-47)65-43)9-31(49)61-15-25-18(3)28(8-22(25)19(11-45)12-46)64-32(50)10-24-21(7-2)42(63-17-27(24)40(58)60-5)68-44-38(56)36(54)34(52)30(14-48)66-44/h6-7,16-19,22-25,28-30,33-38,41-48,51-56H,8-15H2,1-5H3/b20-6?,21-7+/t18-,22-,23-,24-,25+,28-,29+,30+,33+,34+,35-,36-,37+,38+,41-,42-,43-,44-/m0/s1. The van der Waals surface area contributed by atoms with Crippen LogP contribution >= 0.6 is 0 Å². The lowest BCUT2D eigenvalue weighted by Crippen LogP contribution is -2.60. The highest BCUT2D eigenvalue weighted by molar-refractivity contribution is 5.91. The Bertz CT molecular complexity index is 1860. The van der Waals surface area contributed by atoms with E-state index in [1.54, 1.807) is 20.8 Å². The van der Waals surface area contributed by atoms with E-state index in [0.29, 0.717) is 0 Å². The van der Waals surface area contributed by atoms with Crippen LogP contribution in [0.4, 0.5) is 0 Å². The van der Waals surface area contributed by atoms with Gasteiger partial charge < -0.3 is 98.4 Å². The van der Waals surface area contributed by atoms with Gasteiger partial charge in [-0.2, -0.15) is 0 Å². The van der Waals surface area contributed by atoms with Crippen molar-refractivity contribution in [2.45, 2.75) is 120 Å². The normalized spacial score (nSPS) is 38.5. The van der Waals surface area contributed by atoms with E-state index in [9.17, 15) is 70.2 Å². The summed E-state index contributed by atoms with van der Waals surface area (Å²) in [6.07, 6.45) is -15.9. The Morgan fingerprint density at radius 2 is 1.12 bits per heavy atom. The minimum absolute atomic E-state index is 0.100. The lowest BCUT2D eigenvalue weighted by Gasteiger charge is -2.42. The first-order chi connectivity index (χ1) is 32.4. The maximum absolute atomic E-state index is 13.9. The zero-order valence-corrected chi connectivity index (χ0v) is 38.1. The summed E-state index contributed by atoms with van der Waals surface area (Å²) in [4.78, 5) is 53.5. The maximum Gasteiger partial charge on any atom is 0.337 e. The fraction of sp³-hybridized carbons (Fsp3) is 0.727. The predicted molar refractivity (Wildman–Crippen MR) is 223 cm³/mol. The topological polar surface area (TPSA) is 363 Å². The second kappa shape index (κ2) is 24.6. The maximum atomic E-state index is 13.9. The van der Waals surface area contributed by atoms with Gasteiger partial charge in [0.25, 0.3) is 0 Å². The molecule has 10 N–H and O–H groups in total. The van der Waals surface area contributed by atoms with E-state index >= 15 is 0 Å². The molecule has 384 valence electrons. The average Bonchev–Trinajstić information content (AvgIpc) is 3.63. The molecule has 24 heteroatoms. The van der Waals surface area contributed by atoms with Crippen molar-refractivity contribution in [2.24, 2.45) is 35.5 Å². The van der Waals surface area contributed by atoms with Crippen LogP contribution < -0.4 is 0 Å². The molecule has 0 aromatic carbocycles. The summed E-state index contributed by atoms with van der Waals surface area (Å²) < 4.78 is 55.5. The molecule has 1 aliphatic carbocycles. The van der Waals surface area contributed by atoms with E-state index < -0.39 is 179 Å². The Kier molecular flexibility index (Phi) is 19.9. The van der Waals surface area contributed by atoms with Gasteiger partial charge in [-0.25, -0.2) is 9.59 Å². The first-order valence-electron chi connectivity index (χ1n) is 22.1. The molecule has 2 saturated heterocycles. The second-order valence-electron chi connectivity index (χ2n) is 17.1. The van der Waals surface area contributed by atoms with Gasteiger partial charge in [0.15, 0.2) is 12.6 Å². The summed E-state index contributed by atoms with van der Waals surface area (Å²) in [5.41, 5.74) is 0.168. The van der Waals surface area contributed by atoms with Crippen LogP contribution in [0.5, 0.6) is 0 Å². The van der Waals surface area contributed by atoms with E-state index in [0.717, 1.165) is 26.7 Å². The summed E-state index contributed by atoms with van der Waals surface area (Å²) >= 11 is 0. The van der Waals surface area contributed by atoms with Crippen LogP contribution in [-0.4, -0.2) is 202 Å². The quantitative estimate of drug-likeness (QED) is 0.0365. The number of esters is 4. The molecule has 0 aromatic heterocycles.